The van der Waals surface area contributed by atoms with E-state index in [0.717, 1.165) is 18.6 Å². The number of aromatic nitrogens is 1. The molecule has 1 saturated heterocycles. The van der Waals surface area contributed by atoms with Crippen molar-refractivity contribution in [3.05, 3.63) is 58.1 Å². The van der Waals surface area contributed by atoms with Gasteiger partial charge in [0.2, 0.25) is 0 Å². The zero-order chi connectivity index (χ0) is 16.1. The number of nitro groups is 1. The molecule has 1 unspecified atom stereocenters. The molecular weight excluding hydrogens is 316 g/mol. The molecule has 0 saturated carbocycles. The molecule has 1 aliphatic rings. The van der Waals surface area contributed by atoms with Gasteiger partial charge in [-0.1, -0.05) is 30.3 Å². The SMILES string of the molecule is O=[N+]([O-])c1ccc(SC2CCOC2)nc1OCc1ccccc1. The number of benzene rings is 1. The average Bonchev–Trinajstić information content (AvgIpc) is 3.07. The minimum atomic E-state index is -0.472. The third-order valence-corrected chi connectivity index (χ3v) is 4.58. The molecule has 2 aromatic rings. The summed E-state index contributed by atoms with van der Waals surface area (Å²) in [5, 5.41) is 12.2. The zero-order valence-corrected chi connectivity index (χ0v) is 13.2. The second-order valence-electron chi connectivity index (χ2n) is 5.11. The minimum absolute atomic E-state index is 0.0581. The average molecular weight is 332 g/mol. The zero-order valence-electron chi connectivity index (χ0n) is 12.4. The quantitative estimate of drug-likeness (QED) is 0.596. The topological polar surface area (TPSA) is 74.5 Å². The number of ether oxygens (including phenoxy) is 2. The molecule has 6 nitrogen and oxygen atoms in total. The number of hydrogen-bond acceptors (Lipinski definition) is 6. The first-order chi connectivity index (χ1) is 11.2. The van der Waals surface area contributed by atoms with Crippen molar-refractivity contribution >= 4 is 17.4 Å². The maximum absolute atomic E-state index is 11.1. The summed E-state index contributed by atoms with van der Waals surface area (Å²) >= 11 is 1.57. The maximum Gasteiger partial charge on any atom is 0.331 e. The number of pyridine rings is 1. The van der Waals surface area contributed by atoms with E-state index in [0.29, 0.717) is 16.9 Å². The Morgan fingerprint density at radius 3 is 2.83 bits per heavy atom. The lowest BCUT2D eigenvalue weighted by Gasteiger charge is -2.09. The lowest BCUT2D eigenvalue weighted by molar-refractivity contribution is -0.386. The van der Waals surface area contributed by atoms with Gasteiger partial charge in [-0.3, -0.25) is 10.1 Å². The summed E-state index contributed by atoms with van der Waals surface area (Å²) in [7, 11) is 0. The fourth-order valence-corrected chi connectivity index (χ4v) is 3.23. The van der Waals surface area contributed by atoms with Crippen molar-refractivity contribution in [2.75, 3.05) is 13.2 Å². The van der Waals surface area contributed by atoms with Crippen LogP contribution in [0.2, 0.25) is 0 Å². The first-order valence-electron chi connectivity index (χ1n) is 7.29. The highest BCUT2D eigenvalue weighted by Gasteiger charge is 2.21. The van der Waals surface area contributed by atoms with Crippen LogP contribution < -0.4 is 4.74 Å². The molecule has 0 radical (unpaired) electrons. The van der Waals surface area contributed by atoms with Crippen LogP contribution in [0.15, 0.2) is 47.5 Å². The lowest BCUT2D eigenvalue weighted by atomic mass is 10.2. The fourth-order valence-electron chi connectivity index (χ4n) is 2.23. The van der Waals surface area contributed by atoms with Gasteiger partial charge in [-0.15, -0.1) is 11.8 Å². The van der Waals surface area contributed by atoms with E-state index < -0.39 is 4.92 Å². The van der Waals surface area contributed by atoms with Gasteiger partial charge in [0.05, 0.1) is 11.5 Å². The van der Waals surface area contributed by atoms with Crippen LogP contribution in [0, 0.1) is 10.1 Å². The minimum Gasteiger partial charge on any atom is -0.468 e. The molecule has 7 heteroatoms. The Morgan fingerprint density at radius 1 is 1.30 bits per heavy atom. The highest BCUT2D eigenvalue weighted by atomic mass is 32.2. The van der Waals surface area contributed by atoms with Crippen molar-refractivity contribution in [2.45, 2.75) is 23.3 Å². The van der Waals surface area contributed by atoms with E-state index >= 15 is 0 Å². The van der Waals surface area contributed by atoms with Gasteiger partial charge in [0.1, 0.15) is 11.6 Å². The van der Waals surface area contributed by atoms with Crippen LogP contribution in [0.4, 0.5) is 5.69 Å². The van der Waals surface area contributed by atoms with E-state index in [1.165, 1.54) is 6.07 Å². The molecule has 1 aliphatic heterocycles. The van der Waals surface area contributed by atoms with Crippen LogP contribution in [0.1, 0.15) is 12.0 Å². The van der Waals surface area contributed by atoms with Crippen LogP contribution >= 0.6 is 11.8 Å². The van der Waals surface area contributed by atoms with Crippen molar-refractivity contribution in [2.24, 2.45) is 0 Å². The molecule has 0 bridgehead atoms. The van der Waals surface area contributed by atoms with Gasteiger partial charge in [0, 0.05) is 17.9 Å². The van der Waals surface area contributed by atoms with Crippen LogP contribution in [0.25, 0.3) is 0 Å². The highest BCUT2D eigenvalue weighted by Crippen LogP contribution is 2.32. The predicted octanol–water partition coefficient (Wildman–Crippen LogP) is 3.45. The van der Waals surface area contributed by atoms with E-state index in [4.69, 9.17) is 9.47 Å². The molecule has 0 N–H and O–H groups in total. The van der Waals surface area contributed by atoms with Gasteiger partial charge < -0.3 is 9.47 Å². The van der Waals surface area contributed by atoms with Crippen molar-refractivity contribution in [3.63, 3.8) is 0 Å². The molecular formula is C16H16N2O4S. The third kappa shape index (κ3) is 4.20. The molecule has 23 heavy (non-hydrogen) atoms. The molecule has 0 aliphatic carbocycles. The van der Waals surface area contributed by atoms with Crippen LogP contribution in [-0.4, -0.2) is 28.4 Å². The summed E-state index contributed by atoms with van der Waals surface area (Å²) in [6, 6.07) is 12.6. The Bertz CT molecular complexity index is 675. The van der Waals surface area contributed by atoms with E-state index in [2.05, 4.69) is 4.98 Å². The molecule has 1 aromatic carbocycles. The number of hydrogen-bond donors (Lipinski definition) is 0. The van der Waals surface area contributed by atoms with E-state index in [9.17, 15) is 10.1 Å². The molecule has 1 aromatic heterocycles. The van der Waals surface area contributed by atoms with Crippen molar-refractivity contribution in [1.82, 2.24) is 4.98 Å². The van der Waals surface area contributed by atoms with Gasteiger partial charge in [-0.2, -0.15) is 0 Å². The standard InChI is InChI=1S/C16H16N2O4S/c19-18(20)14-6-7-15(23-13-8-9-21-11-13)17-16(14)22-10-12-4-2-1-3-5-12/h1-7,13H,8-11H2. The van der Waals surface area contributed by atoms with Gasteiger partial charge in [0.25, 0.3) is 5.88 Å². The monoisotopic (exact) mass is 332 g/mol. The van der Waals surface area contributed by atoms with Gasteiger partial charge >= 0.3 is 5.69 Å². The molecule has 0 amide bonds. The van der Waals surface area contributed by atoms with Crippen LogP contribution in [0.5, 0.6) is 5.88 Å². The van der Waals surface area contributed by atoms with Crippen molar-refractivity contribution in [3.8, 4) is 5.88 Å². The fraction of sp³-hybridized carbons (Fsp3) is 0.312. The molecule has 120 valence electrons. The molecule has 1 fully saturated rings. The normalized spacial score (nSPS) is 17.1. The largest absolute Gasteiger partial charge is 0.468 e. The lowest BCUT2D eigenvalue weighted by Crippen LogP contribution is -2.04. The first kappa shape index (κ1) is 15.8. The Kier molecular flexibility index (Phi) is 5.09. The molecule has 0 spiro atoms. The Labute approximate surface area is 138 Å². The number of nitrogens with zero attached hydrogens (tertiary/aromatic N) is 2. The molecule has 2 heterocycles. The Hall–Kier alpha value is -2.12. The van der Waals surface area contributed by atoms with Crippen molar-refractivity contribution < 1.29 is 14.4 Å². The van der Waals surface area contributed by atoms with Crippen LogP contribution in [-0.2, 0) is 11.3 Å². The Morgan fingerprint density at radius 2 is 2.13 bits per heavy atom. The first-order valence-corrected chi connectivity index (χ1v) is 8.17. The summed E-state index contributed by atoms with van der Waals surface area (Å²) in [6.45, 7) is 1.68. The molecule has 3 rings (SSSR count). The number of thioether (sulfide) groups is 1. The van der Waals surface area contributed by atoms with Crippen LogP contribution in [0.3, 0.4) is 0 Å². The smallest absolute Gasteiger partial charge is 0.331 e. The second-order valence-corrected chi connectivity index (χ2v) is 6.43. The maximum atomic E-state index is 11.1. The van der Waals surface area contributed by atoms with Gasteiger partial charge in [0.15, 0.2) is 0 Å². The predicted molar refractivity (Wildman–Crippen MR) is 86.7 cm³/mol. The summed E-state index contributed by atoms with van der Waals surface area (Å²) in [6.07, 6.45) is 0.962. The van der Waals surface area contributed by atoms with E-state index in [1.807, 2.05) is 30.3 Å². The van der Waals surface area contributed by atoms with Crippen molar-refractivity contribution in [1.29, 1.82) is 0 Å². The summed E-state index contributed by atoms with van der Waals surface area (Å²) in [5.41, 5.74) is 0.818. The Balaban J connectivity index is 1.75. The van der Waals surface area contributed by atoms with Gasteiger partial charge in [-0.25, -0.2) is 4.98 Å². The highest BCUT2D eigenvalue weighted by molar-refractivity contribution is 7.99. The summed E-state index contributed by atoms with van der Waals surface area (Å²) < 4.78 is 10.9. The molecule has 1 atom stereocenters. The van der Waals surface area contributed by atoms with E-state index in [-0.39, 0.29) is 18.2 Å². The summed E-state index contributed by atoms with van der Waals surface area (Å²) in [4.78, 5) is 15.0. The number of rotatable bonds is 6. The second kappa shape index (κ2) is 7.43. The third-order valence-electron chi connectivity index (χ3n) is 3.41. The summed E-state index contributed by atoms with van der Waals surface area (Å²) in [5.74, 6) is 0.0581. The van der Waals surface area contributed by atoms with E-state index in [1.54, 1.807) is 17.8 Å². The van der Waals surface area contributed by atoms with Gasteiger partial charge in [-0.05, 0) is 18.1 Å².